The molecule has 6 heteroatoms. The summed E-state index contributed by atoms with van der Waals surface area (Å²) in [6, 6.07) is 7.94. The Hall–Kier alpha value is -1.58. The molecule has 18 heavy (non-hydrogen) atoms. The fraction of sp³-hybridized carbons (Fsp3) is 0.417. The average Bonchev–Trinajstić information content (AvgIpc) is 2.29. The first-order valence-corrected chi connectivity index (χ1v) is 6.97. The van der Waals surface area contributed by atoms with E-state index in [-0.39, 0.29) is 4.90 Å². The van der Waals surface area contributed by atoms with Crippen LogP contribution in [0.4, 0.5) is 0 Å². The maximum absolute atomic E-state index is 12.0. The van der Waals surface area contributed by atoms with Crippen molar-refractivity contribution in [1.82, 2.24) is 4.72 Å². The summed E-state index contributed by atoms with van der Waals surface area (Å²) in [6.45, 7) is 5.37. The molecule has 5 nitrogen and oxygen atoms in total. The first-order valence-electron chi connectivity index (χ1n) is 5.49. The van der Waals surface area contributed by atoms with Gasteiger partial charge in [-0.25, -0.2) is 8.42 Å². The van der Waals surface area contributed by atoms with Gasteiger partial charge in [-0.1, -0.05) is 0 Å². The zero-order valence-corrected chi connectivity index (χ0v) is 11.4. The molecule has 0 aliphatic carbocycles. The molecule has 0 bridgehead atoms. The van der Waals surface area contributed by atoms with E-state index < -0.39 is 15.6 Å². The Balaban J connectivity index is 2.96. The van der Waals surface area contributed by atoms with Crippen LogP contribution >= 0.6 is 0 Å². The fourth-order valence-electron chi connectivity index (χ4n) is 1.30. The summed E-state index contributed by atoms with van der Waals surface area (Å²) in [7, 11) is -3.69. The minimum absolute atomic E-state index is 0.106. The number of nitriles is 1. The molecule has 0 aromatic heterocycles. The lowest BCUT2D eigenvalue weighted by atomic mass is 10.1. The third-order valence-electron chi connectivity index (χ3n) is 2.11. The molecule has 1 aromatic carbocycles. The van der Waals surface area contributed by atoms with Crippen LogP contribution in [-0.4, -0.2) is 20.6 Å². The number of nitrogens with one attached hydrogen (secondary N) is 1. The van der Waals surface area contributed by atoms with E-state index >= 15 is 0 Å². The maximum Gasteiger partial charge on any atom is 0.241 e. The monoisotopic (exact) mass is 268 g/mol. The molecule has 0 radical (unpaired) electrons. The van der Waals surface area contributed by atoms with Crippen molar-refractivity contribution in [3.8, 4) is 11.8 Å². The second-order valence-corrected chi connectivity index (χ2v) is 5.93. The van der Waals surface area contributed by atoms with Gasteiger partial charge in [0.15, 0.2) is 0 Å². The zero-order valence-electron chi connectivity index (χ0n) is 10.6. The lowest BCUT2D eigenvalue weighted by Crippen LogP contribution is -2.41. The van der Waals surface area contributed by atoms with Crippen molar-refractivity contribution in [1.29, 1.82) is 5.26 Å². The van der Waals surface area contributed by atoms with Gasteiger partial charge in [0.1, 0.15) is 11.3 Å². The van der Waals surface area contributed by atoms with Crippen LogP contribution in [0.15, 0.2) is 29.2 Å². The van der Waals surface area contributed by atoms with Crippen LogP contribution in [0, 0.1) is 11.3 Å². The Labute approximate surface area is 107 Å². The Bertz CT molecular complexity index is 542. The van der Waals surface area contributed by atoms with Gasteiger partial charge in [-0.2, -0.15) is 9.98 Å². The summed E-state index contributed by atoms with van der Waals surface area (Å²) in [5.41, 5.74) is -1.14. The number of sulfonamides is 1. The lowest BCUT2D eigenvalue weighted by molar-refractivity contribution is 0.340. The smallest absolute Gasteiger partial charge is 0.241 e. The summed E-state index contributed by atoms with van der Waals surface area (Å²) in [5.74, 6) is 0.607. The van der Waals surface area contributed by atoms with Crippen LogP contribution in [0.1, 0.15) is 20.8 Å². The van der Waals surface area contributed by atoms with Gasteiger partial charge in [-0.3, -0.25) is 0 Å². The molecule has 0 saturated heterocycles. The highest BCUT2D eigenvalue weighted by molar-refractivity contribution is 7.89. The minimum atomic E-state index is -3.69. The van der Waals surface area contributed by atoms with E-state index in [1.807, 2.05) is 13.0 Å². The second-order valence-electron chi connectivity index (χ2n) is 4.25. The topological polar surface area (TPSA) is 79.2 Å². The molecule has 0 aliphatic rings. The van der Waals surface area contributed by atoms with E-state index in [1.165, 1.54) is 26.0 Å². The molecule has 0 fully saturated rings. The molecule has 1 N–H and O–H groups in total. The van der Waals surface area contributed by atoms with Crippen molar-refractivity contribution in [2.24, 2.45) is 0 Å². The van der Waals surface area contributed by atoms with Gasteiger partial charge in [-0.15, -0.1) is 0 Å². The summed E-state index contributed by atoms with van der Waals surface area (Å²) in [6.07, 6.45) is 0. The van der Waals surface area contributed by atoms with Gasteiger partial charge in [0.2, 0.25) is 10.0 Å². The Kier molecular flexibility index (Phi) is 4.33. The molecule has 0 spiro atoms. The number of hydrogen-bond donors (Lipinski definition) is 1. The molecule has 1 rings (SSSR count). The van der Waals surface area contributed by atoms with E-state index in [1.54, 1.807) is 12.1 Å². The number of hydrogen-bond acceptors (Lipinski definition) is 4. The molecular formula is C12H16N2O3S. The standard InChI is InChI=1S/C12H16N2O3S/c1-4-17-10-5-7-11(8-6-10)18(15,16)14-12(2,3)9-13/h5-8,14H,4H2,1-3H3. The molecule has 0 aliphatic heterocycles. The first kappa shape index (κ1) is 14.5. The fourth-order valence-corrected chi connectivity index (χ4v) is 2.63. The van der Waals surface area contributed by atoms with E-state index in [0.717, 1.165) is 0 Å². The zero-order chi connectivity index (χ0) is 13.8. The SMILES string of the molecule is CCOc1ccc(S(=O)(=O)NC(C)(C)C#N)cc1. The Morgan fingerprint density at radius 3 is 2.33 bits per heavy atom. The number of ether oxygens (including phenoxy) is 1. The Morgan fingerprint density at radius 2 is 1.89 bits per heavy atom. The van der Waals surface area contributed by atoms with Gasteiger partial charge in [0, 0.05) is 0 Å². The van der Waals surface area contributed by atoms with Crippen molar-refractivity contribution in [2.75, 3.05) is 6.61 Å². The Morgan fingerprint density at radius 1 is 1.33 bits per heavy atom. The van der Waals surface area contributed by atoms with Crippen LogP contribution in [0.5, 0.6) is 5.75 Å². The van der Waals surface area contributed by atoms with Gasteiger partial charge in [0.05, 0.1) is 17.6 Å². The first-order chi connectivity index (χ1) is 8.30. The van der Waals surface area contributed by atoms with Crippen LogP contribution in [0.3, 0.4) is 0 Å². The van der Waals surface area contributed by atoms with Crippen LogP contribution in [0.25, 0.3) is 0 Å². The number of rotatable bonds is 5. The molecule has 98 valence electrons. The third-order valence-corrected chi connectivity index (χ3v) is 3.79. The molecule has 0 saturated carbocycles. The van der Waals surface area contributed by atoms with Crippen molar-refractivity contribution in [3.63, 3.8) is 0 Å². The normalized spacial score (nSPS) is 11.9. The second kappa shape index (κ2) is 5.38. The average molecular weight is 268 g/mol. The van der Waals surface area contributed by atoms with Crippen LogP contribution < -0.4 is 9.46 Å². The summed E-state index contributed by atoms with van der Waals surface area (Å²) in [5, 5.41) is 8.82. The lowest BCUT2D eigenvalue weighted by Gasteiger charge is -2.17. The predicted octanol–water partition coefficient (Wildman–Crippen LogP) is 1.67. The van der Waals surface area contributed by atoms with Crippen LogP contribution in [0.2, 0.25) is 0 Å². The highest BCUT2D eigenvalue weighted by Crippen LogP contribution is 2.17. The van der Waals surface area contributed by atoms with E-state index in [0.29, 0.717) is 12.4 Å². The highest BCUT2D eigenvalue weighted by Gasteiger charge is 2.25. The van der Waals surface area contributed by atoms with Crippen molar-refractivity contribution < 1.29 is 13.2 Å². The number of nitrogens with zero attached hydrogens (tertiary/aromatic N) is 1. The molecule has 0 heterocycles. The summed E-state index contributed by atoms with van der Waals surface area (Å²) < 4.78 is 31.5. The maximum atomic E-state index is 12.0. The van der Waals surface area contributed by atoms with Crippen LogP contribution in [-0.2, 0) is 10.0 Å². The van der Waals surface area contributed by atoms with Crippen molar-refractivity contribution in [2.45, 2.75) is 31.2 Å². The van der Waals surface area contributed by atoms with E-state index in [9.17, 15) is 8.42 Å². The van der Waals surface area contributed by atoms with Gasteiger partial charge < -0.3 is 4.74 Å². The minimum Gasteiger partial charge on any atom is -0.494 e. The number of benzene rings is 1. The molecule has 1 aromatic rings. The highest BCUT2D eigenvalue weighted by atomic mass is 32.2. The van der Waals surface area contributed by atoms with Crippen molar-refractivity contribution in [3.05, 3.63) is 24.3 Å². The third kappa shape index (κ3) is 3.72. The molecule has 0 atom stereocenters. The molecular weight excluding hydrogens is 252 g/mol. The van der Waals surface area contributed by atoms with Gasteiger partial charge in [0.25, 0.3) is 0 Å². The van der Waals surface area contributed by atoms with Gasteiger partial charge in [-0.05, 0) is 45.0 Å². The van der Waals surface area contributed by atoms with Crippen molar-refractivity contribution >= 4 is 10.0 Å². The summed E-state index contributed by atoms with van der Waals surface area (Å²) in [4.78, 5) is 0.106. The largest absolute Gasteiger partial charge is 0.494 e. The summed E-state index contributed by atoms with van der Waals surface area (Å²) >= 11 is 0. The van der Waals surface area contributed by atoms with Gasteiger partial charge >= 0.3 is 0 Å². The van der Waals surface area contributed by atoms with E-state index in [4.69, 9.17) is 10.00 Å². The quantitative estimate of drug-likeness (QED) is 0.881. The predicted molar refractivity (Wildman–Crippen MR) is 67.6 cm³/mol. The van der Waals surface area contributed by atoms with E-state index in [2.05, 4.69) is 4.72 Å². The molecule has 0 amide bonds. The molecule has 0 unspecified atom stereocenters.